The van der Waals surface area contributed by atoms with Crippen molar-refractivity contribution >= 4 is 11.6 Å². The summed E-state index contributed by atoms with van der Waals surface area (Å²) < 4.78 is 5.31. The van der Waals surface area contributed by atoms with E-state index < -0.39 is 0 Å². The van der Waals surface area contributed by atoms with Gasteiger partial charge in [-0.25, -0.2) is 4.98 Å². The molecule has 0 aromatic carbocycles. The Kier molecular flexibility index (Phi) is 3.57. The van der Waals surface area contributed by atoms with Crippen LogP contribution in [0, 0.1) is 6.92 Å². The van der Waals surface area contributed by atoms with Crippen LogP contribution in [0.3, 0.4) is 0 Å². The van der Waals surface area contributed by atoms with Gasteiger partial charge in [-0.05, 0) is 18.6 Å². The zero-order valence-corrected chi connectivity index (χ0v) is 9.63. The Balaban J connectivity index is 2.03. The minimum absolute atomic E-state index is 0.568. The SMILES string of the molecule is Cc1nc(Cl)ccc1CN1CCOCC1. The number of rotatable bonds is 2. The van der Waals surface area contributed by atoms with Crippen LogP contribution in [0.15, 0.2) is 12.1 Å². The van der Waals surface area contributed by atoms with Gasteiger partial charge in [0.2, 0.25) is 0 Å². The average Bonchev–Trinajstić information content (AvgIpc) is 2.24. The molecule has 0 amide bonds. The summed E-state index contributed by atoms with van der Waals surface area (Å²) in [4.78, 5) is 6.62. The quantitative estimate of drug-likeness (QED) is 0.720. The van der Waals surface area contributed by atoms with Gasteiger partial charge >= 0.3 is 0 Å². The molecule has 2 heterocycles. The lowest BCUT2D eigenvalue weighted by atomic mass is 10.2. The lowest BCUT2D eigenvalue weighted by Crippen LogP contribution is -2.35. The summed E-state index contributed by atoms with van der Waals surface area (Å²) in [6, 6.07) is 3.91. The zero-order chi connectivity index (χ0) is 10.7. The maximum absolute atomic E-state index is 5.81. The van der Waals surface area contributed by atoms with Gasteiger partial charge in [-0.2, -0.15) is 0 Å². The van der Waals surface area contributed by atoms with Crippen LogP contribution in [-0.4, -0.2) is 36.2 Å². The highest BCUT2D eigenvalue weighted by atomic mass is 35.5. The van der Waals surface area contributed by atoms with E-state index in [9.17, 15) is 0 Å². The number of morpholine rings is 1. The van der Waals surface area contributed by atoms with Crippen molar-refractivity contribution in [1.29, 1.82) is 0 Å². The highest BCUT2D eigenvalue weighted by Gasteiger charge is 2.12. The predicted octanol–water partition coefficient (Wildman–Crippen LogP) is 1.88. The topological polar surface area (TPSA) is 25.4 Å². The number of hydrogen-bond acceptors (Lipinski definition) is 3. The first-order valence-corrected chi connectivity index (χ1v) is 5.55. The van der Waals surface area contributed by atoms with Crippen molar-refractivity contribution in [2.45, 2.75) is 13.5 Å². The van der Waals surface area contributed by atoms with Crippen LogP contribution in [-0.2, 0) is 11.3 Å². The molecule has 0 aliphatic carbocycles. The summed E-state index contributed by atoms with van der Waals surface area (Å²) in [6.07, 6.45) is 0. The lowest BCUT2D eigenvalue weighted by Gasteiger charge is -2.26. The molecule has 0 unspecified atom stereocenters. The molecule has 0 spiro atoms. The lowest BCUT2D eigenvalue weighted by molar-refractivity contribution is 0.0340. The molecule has 4 heteroatoms. The third-order valence-corrected chi connectivity index (χ3v) is 2.87. The second-order valence-corrected chi connectivity index (χ2v) is 4.15. The van der Waals surface area contributed by atoms with Crippen molar-refractivity contribution in [3.8, 4) is 0 Å². The molecular formula is C11H15ClN2O. The minimum Gasteiger partial charge on any atom is -0.379 e. The van der Waals surface area contributed by atoms with Crippen LogP contribution >= 0.6 is 11.6 Å². The van der Waals surface area contributed by atoms with Gasteiger partial charge in [0.05, 0.1) is 13.2 Å². The highest BCUT2D eigenvalue weighted by Crippen LogP contribution is 2.13. The molecule has 0 saturated carbocycles. The first kappa shape index (κ1) is 10.9. The van der Waals surface area contributed by atoms with Crippen molar-refractivity contribution in [2.75, 3.05) is 26.3 Å². The molecule has 3 nitrogen and oxygen atoms in total. The number of pyridine rings is 1. The van der Waals surface area contributed by atoms with Crippen LogP contribution in [0.25, 0.3) is 0 Å². The molecule has 1 aliphatic rings. The number of nitrogens with zero attached hydrogens (tertiary/aromatic N) is 2. The predicted molar refractivity (Wildman–Crippen MR) is 60.1 cm³/mol. The van der Waals surface area contributed by atoms with Gasteiger partial charge in [-0.3, -0.25) is 4.90 Å². The van der Waals surface area contributed by atoms with Crippen molar-refractivity contribution in [3.05, 3.63) is 28.5 Å². The van der Waals surface area contributed by atoms with E-state index in [1.807, 2.05) is 13.0 Å². The average molecular weight is 227 g/mol. The van der Waals surface area contributed by atoms with Crippen molar-refractivity contribution in [1.82, 2.24) is 9.88 Å². The van der Waals surface area contributed by atoms with Crippen LogP contribution in [0.5, 0.6) is 0 Å². The molecule has 1 fully saturated rings. The molecule has 0 bridgehead atoms. The van der Waals surface area contributed by atoms with Crippen molar-refractivity contribution in [2.24, 2.45) is 0 Å². The molecule has 0 N–H and O–H groups in total. The van der Waals surface area contributed by atoms with Crippen LogP contribution in [0.4, 0.5) is 0 Å². The molecule has 2 rings (SSSR count). The van der Waals surface area contributed by atoms with Gasteiger partial charge in [-0.1, -0.05) is 17.7 Å². The Morgan fingerprint density at radius 2 is 2.13 bits per heavy atom. The number of ether oxygens (including phenoxy) is 1. The Labute approximate surface area is 95.0 Å². The van der Waals surface area contributed by atoms with Crippen LogP contribution in [0.1, 0.15) is 11.3 Å². The van der Waals surface area contributed by atoms with E-state index >= 15 is 0 Å². The fourth-order valence-corrected chi connectivity index (χ4v) is 1.92. The number of hydrogen-bond donors (Lipinski definition) is 0. The van der Waals surface area contributed by atoms with Gasteiger partial charge in [0, 0.05) is 25.3 Å². The molecule has 15 heavy (non-hydrogen) atoms. The van der Waals surface area contributed by atoms with E-state index in [0.29, 0.717) is 5.15 Å². The van der Waals surface area contributed by atoms with Crippen LogP contribution < -0.4 is 0 Å². The van der Waals surface area contributed by atoms with Crippen molar-refractivity contribution in [3.63, 3.8) is 0 Å². The van der Waals surface area contributed by atoms with Gasteiger partial charge in [-0.15, -0.1) is 0 Å². The number of aryl methyl sites for hydroxylation is 1. The van der Waals surface area contributed by atoms with E-state index in [0.717, 1.165) is 38.5 Å². The second-order valence-electron chi connectivity index (χ2n) is 3.77. The second kappa shape index (κ2) is 4.92. The zero-order valence-electron chi connectivity index (χ0n) is 8.87. The van der Waals surface area contributed by atoms with Crippen molar-refractivity contribution < 1.29 is 4.74 Å². The Hall–Kier alpha value is -0.640. The summed E-state index contributed by atoms with van der Waals surface area (Å²) in [6.45, 7) is 6.62. The number of aromatic nitrogens is 1. The highest BCUT2D eigenvalue weighted by molar-refractivity contribution is 6.29. The third kappa shape index (κ3) is 2.91. The molecule has 1 aromatic heterocycles. The molecular weight excluding hydrogens is 212 g/mol. The molecule has 1 saturated heterocycles. The standard InChI is InChI=1S/C11H15ClN2O/c1-9-10(2-3-11(12)13-9)8-14-4-6-15-7-5-14/h2-3H,4-8H2,1H3. The Morgan fingerprint density at radius 3 is 2.80 bits per heavy atom. The minimum atomic E-state index is 0.568. The summed E-state index contributed by atoms with van der Waals surface area (Å²) in [5.74, 6) is 0. The Morgan fingerprint density at radius 1 is 1.40 bits per heavy atom. The largest absolute Gasteiger partial charge is 0.379 e. The smallest absolute Gasteiger partial charge is 0.129 e. The summed E-state index contributed by atoms with van der Waals surface area (Å²) in [7, 11) is 0. The van der Waals surface area contributed by atoms with E-state index in [2.05, 4.69) is 16.0 Å². The van der Waals surface area contributed by atoms with E-state index in [1.165, 1.54) is 5.56 Å². The fraction of sp³-hybridized carbons (Fsp3) is 0.545. The summed E-state index contributed by atoms with van der Waals surface area (Å²) >= 11 is 5.81. The van der Waals surface area contributed by atoms with E-state index in [1.54, 1.807) is 0 Å². The first-order valence-electron chi connectivity index (χ1n) is 5.18. The van der Waals surface area contributed by atoms with E-state index in [4.69, 9.17) is 16.3 Å². The summed E-state index contributed by atoms with van der Waals surface area (Å²) in [5.41, 5.74) is 2.27. The summed E-state index contributed by atoms with van der Waals surface area (Å²) in [5, 5.41) is 0.568. The molecule has 82 valence electrons. The monoisotopic (exact) mass is 226 g/mol. The maximum atomic E-state index is 5.81. The third-order valence-electron chi connectivity index (χ3n) is 2.66. The van der Waals surface area contributed by atoms with Gasteiger partial charge in [0.25, 0.3) is 0 Å². The van der Waals surface area contributed by atoms with Gasteiger partial charge in [0.1, 0.15) is 5.15 Å². The molecule has 1 aromatic rings. The van der Waals surface area contributed by atoms with Crippen LogP contribution in [0.2, 0.25) is 5.15 Å². The first-order chi connectivity index (χ1) is 7.25. The Bertz CT molecular complexity index is 337. The molecule has 1 aliphatic heterocycles. The van der Waals surface area contributed by atoms with E-state index in [-0.39, 0.29) is 0 Å². The normalized spacial score (nSPS) is 18.0. The molecule has 0 radical (unpaired) electrons. The van der Waals surface area contributed by atoms with Gasteiger partial charge in [0.15, 0.2) is 0 Å². The maximum Gasteiger partial charge on any atom is 0.129 e. The van der Waals surface area contributed by atoms with Gasteiger partial charge < -0.3 is 4.74 Å². The number of halogens is 1. The fourth-order valence-electron chi connectivity index (χ4n) is 1.73. The molecule has 0 atom stereocenters.